The van der Waals surface area contributed by atoms with Crippen LogP contribution in [0.4, 0.5) is 25.8 Å². The normalized spacial score (nSPS) is 11.5. The van der Waals surface area contributed by atoms with Gasteiger partial charge in [-0.05, 0) is 134 Å². The van der Waals surface area contributed by atoms with Gasteiger partial charge in [0.15, 0.2) is 11.6 Å². The number of fused-ring (bicyclic) bond motifs is 1. The molecule has 9 rings (SSSR count). The van der Waals surface area contributed by atoms with Crippen LogP contribution in [0.1, 0.15) is 172 Å². The van der Waals surface area contributed by atoms with E-state index in [-0.39, 0.29) is 22.2 Å². The van der Waals surface area contributed by atoms with Crippen LogP contribution < -0.4 is 14.4 Å². The van der Waals surface area contributed by atoms with Crippen molar-refractivity contribution in [2.45, 2.75) is 169 Å². The maximum Gasteiger partial charge on any atom is 0.346 e. The smallest absolute Gasteiger partial charge is 0.346 e. The lowest BCUT2D eigenvalue weighted by Gasteiger charge is -2.26. The number of hydrogen-bond donors (Lipinski definition) is 1. The zero-order chi connectivity index (χ0) is 63.0. The second-order valence-electron chi connectivity index (χ2n) is 23.4. The zero-order valence-electron chi connectivity index (χ0n) is 52.9. The molecule has 3 heterocycles. The largest absolute Gasteiger partial charge is 0.494 e. The van der Waals surface area contributed by atoms with Crippen molar-refractivity contribution < 1.29 is 28.2 Å². The Morgan fingerprint density at radius 3 is 1.36 bits per heavy atom. The third-order valence-corrected chi connectivity index (χ3v) is 19.0. The number of carboxylic acid groups (broad SMARTS) is 1. The first-order valence-corrected chi connectivity index (χ1v) is 34.6. The number of rotatable bonds is 36. The lowest BCUT2D eigenvalue weighted by atomic mass is 9.98. The second kappa shape index (κ2) is 34.3. The quantitative estimate of drug-likeness (QED) is 0.0235. The lowest BCUT2D eigenvalue weighted by molar-refractivity contribution is -0.132. The van der Waals surface area contributed by atoms with E-state index in [9.17, 15) is 15.2 Å². The van der Waals surface area contributed by atoms with E-state index in [0.717, 1.165) is 156 Å². The highest BCUT2D eigenvalue weighted by Gasteiger charge is 2.30. The molecule has 0 aliphatic carbocycles. The summed E-state index contributed by atoms with van der Waals surface area (Å²) in [4.78, 5) is 27.6. The molecule has 12 heteroatoms. The van der Waals surface area contributed by atoms with Crippen LogP contribution in [0, 0.1) is 23.0 Å². The van der Waals surface area contributed by atoms with E-state index in [4.69, 9.17) is 19.4 Å². The van der Waals surface area contributed by atoms with Crippen LogP contribution in [0.3, 0.4) is 0 Å². The van der Waals surface area contributed by atoms with Gasteiger partial charge in [0, 0.05) is 47.7 Å². The molecule has 90 heavy (non-hydrogen) atoms. The molecule has 0 fully saturated rings. The van der Waals surface area contributed by atoms with Crippen LogP contribution in [0.25, 0.3) is 70.9 Å². The second-order valence-corrected chi connectivity index (χ2v) is 25.5. The first-order chi connectivity index (χ1) is 44.1. The van der Waals surface area contributed by atoms with Crippen LogP contribution in [0.15, 0.2) is 151 Å². The van der Waals surface area contributed by atoms with Gasteiger partial charge in [-0.1, -0.05) is 203 Å². The predicted octanol–water partition coefficient (Wildman–Crippen LogP) is 23.6. The number of aliphatic carboxylic acids is 1. The van der Waals surface area contributed by atoms with Gasteiger partial charge in [0.25, 0.3) is 0 Å². The van der Waals surface area contributed by atoms with Gasteiger partial charge in [0.1, 0.15) is 34.2 Å². The van der Waals surface area contributed by atoms with Gasteiger partial charge in [0.2, 0.25) is 0 Å². The van der Waals surface area contributed by atoms with Gasteiger partial charge >= 0.3 is 5.97 Å². The molecule has 8 nitrogen and oxygen atoms in total. The number of carboxylic acids is 1. The van der Waals surface area contributed by atoms with Crippen molar-refractivity contribution in [1.29, 1.82) is 5.26 Å². The van der Waals surface area contributed by atoms with E-state index < -0.39 is 23.2 Å². The fourth-order valence-electron chi connectivity index (χ4n) is 11.6. The molecule has 468 valence electrons. The van der Waals surface area contributed by atoms with E-state index in [2.05, 4.69) is 81.1 Å². The Balaban J connectivity index is 1.15. The average molecular weight is 1250 g/mol. The Labute approximate surface area is 540 Å². The molecule has 0 bridgehead atoms. The number of anilines is 3. The Morgan fingerprint density at radius 2 is 0.911 bits per heavy atom. The third kappa shape index (κ3) is 17.3. The first kappa shape index (κ1) is 66.4. The molecule has 6 aromatic carbocycles. The molecule has 0 radical (unpaired) electrons. The molecule has 0 spiro atoms. The fraction of sp³-hybridized carbons (Fsp3) is 0.359. The summed E-state index contributed by atoms with van der Waals surface area (Å²) < 4.78 is 48.7. The van der Waals surface area contributed by atoms with Gasteiger partial charge in [0.05, 0.1) is 35.7 Å². The Morgan fingerprint density at radius 1 is 0.511 bits per heavy atom. The number of ether oxygens (including phenoxy) is 2. The SMILES string of the molecule is CCCCCCCCOc1ccc(N(c2ccc(OCCCCCCCC)cc2)c2ccc(-c3sc(-c4c(F)c(F)c(-c5cc(CCCCCC)c(/C=C(\C#N)C(=O)O)s5)c5nc(-c6ccccc6)c(-c6ccccc6)nc45)cc3CCCCCC)cc2)cc1. The topological polar surface area (TPSA) is 109 Å². The molecule has 0 unspecified atom stereocenters. The fourth-order valence-corrected chi connectivity index (χ4v) is 14.1. The highest BCUT2D eigenvalue weighted by Crippen LogP contribution is 2.49. The molecule has 0 atom stereocenters. The summed E-state index contributed by atoms with van der Waals surface area (Å²) in [6, 6.07) is 50.1. The summed E-state index contributed by atoms with van der Waals surface area (Å²) in [5.41, 5.74) is 8.03. The van der Waals surface area contributed by atoms with E-state index in [1.54, 1.807) is 0 Å². The molecule has 3 aromatic heterocycles. The van der Waals surface area contributed by atoms with Crippen molar-refractivity contribution in [3.63, 3.8) is 0 Å². The van der Waals surface area contributed by atoms with E-state index in [1.165, 1.54) is 68.8 Å². The van der Waals surface area contributed by atoms with Crippen LogP contribution in [-0.2, 0) is 17.6 Å². The summed E-state index contributed by atoms with van der Waals surface area (Å²) in [7, 11) is 0. The van der Waals surface area contributed by atoms with Crippen LogP contribution >= 0.6 is 22.7 Å². The van der Waals surface area contributed by atoms with Gasteiger partial charge in [-0.3, -0.25) is 0 Å². The summed E-state index contributed by atoms with van der Waals surface area (Å²) in [6.07, 6.45) is 24.9. The monoisotopic (exact) mass is 1240 g/mol. The van der Waals surface area contributed by atoms with Crippen molar-refractivity contribution in [3.8, 4) is 71.4 Å². The molecule has 9 aromatic rings. The maximum absolute atomic E-state index is 18.2. The van der Waals surface area contributed by atoms with E-state index in [0.29, 0.717) is 45.7 Å². The number of benzene rings is 6. The van der Waals surface area contributed by atoms with Crippen molar-refractivity contribution >= 4 is 62.8 Å². The molecular weight excluding hydrogens is 1160 g/mol. The number of thiophene rings is 2. The summed E-state index contributed by atoms with van der Waals surface area (Å²) >= 11 is 2.56. The van der Waals surface area contributed by atoms with Crippen molar-refractivity contribution in [3.05, 3.63) is 179 Å². The van der Waals surface area contributed by atoms with Gasteiger partial charge in [-0.2, -0.15) is 5.26 Å². The average Bonchev–Trinajstić information content (AvgIpc) is 1.23. The number of carbonyl (C=O) groups is 1. The standard InChI is InChI=1S/C78H86F2N4O4S2/c1-5-9-13-17-19-29-49-87-64-45-41-62(42-46-64)84(63-43-47-65(48-44-63)88-50-30-20-18-14-10-6-2)61-39-37-57(38-40-61)77-59(36-24-16-12-8-4)52-68(90-77)70-72(80)71(79)69(67-51-58(35-23-15-11-7-3)66(89-67)53-60(54-81)78(85)86)75-76(70)83-74(56-33-27-22-28-34-56)73(82-75)55-31-25-21-26-32-55/h21-22,25-28,31-34,37-48,51-53H,5-20,23-24,29-30,35-36,49-50H2,1-4H3,(H,85,86)/b60-53+. The zero-order valence-corrected chi connectivity index (χ0v) is 54.6. The van der Waals surface area contributed by atoms with Crippen molar-refractivity contribution in [1.82, 2.24) is 9.97 Å². The van der Waals surface area contributed by atoms with Crippen LogP contribution in [0.5, 0.6) is 11.5 Å². The molecule has 0 amide bonds. The number of aromatic nitrogens is 2. The Hall–Kier alpha value is -7.98. The molecule has 0 aliphatic heterocycles. The summed E-state index contributed by atoms with van der Waals surface area (Å²) in [5.74, 6) is -1.82. The molecule has 0 saturated carbocycles. The van der Waals surface area contributed by atoms with Gasteiger partial charge in [-0.25, -0.2) is 23.5 Å². The molecule has 0 saturated heterocycles. The van der Waals surface area contributed by atoms with Crippen LogP contribution in [-0.4, -0.2) is 34.3 Å². The van der Waals surface area contributed by atoms with Crippen molar-refractivity contribution in [2.24, 2.45) is 0 Å². The first-order valence-electron chi connectivity index (χ1n) is 32.9. The Kier molecular flexibility index (Phi) is 25.3. The molecule has 1 N–H and O–H groups in total. The number of nitriles is 1. The number of halogens is 2. The van der Waals surface area contributed by atoms with E-state index >= 15 is 8.78 Å². The minimum Gasteiger partial charge on any atom is -0.494 e. The summed E-state index contributed by atoms with van der Waals surface area (Å²) in [5, 5.41) is 19.9. The number of hydrogen-bond acceptors (Lipinski definition) is 9. The number of unbranched alkanes of at least 4 members (excludes halogenated alkanes) is 16. The molecular formula is C78H86F2N4O4S2. The van der Waals surface area contributed by atoms with E-state index in [1.807, 2.05) is 103 Å². The van der Waals surface area contributed by atoms with Gasteiger partial charge in [-0.15, -0.1) is 22.7 Å². The highest BCUT2D eigenvalue weighted by atomic mass is 32.1. The summed E-state index contributed by atoms with van der Waals surface area (Å²) in [6.45, 7) is 10.2. The van der Waals surface area contributed by atoms with Crippen LogP contribution in [0.2, 0.25) is 0 Å². The molecule has 0 aliphatic rings. The maximum atomic E-state index is 18.2. The number of aryl methyl sites for hydroxylation is 2. The van der Waals surface area contributed by atoms with Crippen molar-refractivity contribution in [2.75, 3.05) is 18.1 Å². The number of nitrogens with zero attached hydrogens (tertiary/aromatic N) is 4. The minimum absolute atomic E-state index is 0.0253. The Bertz CT molecular complexity index is 3740. The predicted molar refractivity (Wildman–Crippen MR) is 372 cm³/mol. The third-order valence-electron chi connectivity index (χ3n) is 16.6. The highest BCUT2D eigenvalue weighted by molar-refractivity contribution is 7.19. The van der Waals surface area contributed by atoms with Gasteiger partial charge < -0.3 is 19.5 Å². The minimum atomic E-state index is -1.36. The lowest BCUT2D eigenvalue weighted by Crippen LogP contribution is -2.10.